The van der Waals surface area contributed by atoms with Gasteiger partial charge in [-0.15, -0.1) is 11.3 Å². The third-order valence-corrected chi connectivity index (χ3v) is 6.45. The van der Waals surface area contributed by atoms with Gasteiger partial charge in [0.15, 0.2) is 0 Å². The molecular weight excluding hydrogens is 424 g/mol. The standard InChI is InChI=1S/C18H19ClN2O5S2/c1-26-18(23)15-11-5-3-4-6-14(11)27-17(15)20-16(22)12-9-10(7-8-13(12)19)21-28(2,24)25/h7-9,21H,3-6H2,1-2H3,(H,20,22). The van der Waals surface area contributed by atoms with Crippen molar-refractivity contribution >= 4 is 55.5 Å². The Morgan fingerprint density at radius 1 is 1.21 bits per heavy atom. The molecule has 1 aliphatic rings. The van der Waals surface area contributed by atoms with Crippen LogP contribution < -0.4 is 10.0 Å². The van der Waals surface area contributed by atoms with Crippen LogP contribution in [0, 0.1) is 0 Å². The highest BCUT2D eigenvalue weighted by atomic mass is 35.5. The van der Waals surface area contributed by atoms with Crippen LogP contribution >= 0.6 is 22.9 Å². The molecule has 150 valence electrons. The minimum Gasteiger partial charge on any atom is -0.465 e. The monoisotopic (exact) mass is 442 g/mol. The summed E-state index contributed by atoms with van der Waals surface area (Å²) < 4.78 is 30.1. The van der Waals surface area contributed by atoms with Gasteiger partial charge in [-0.2, -0.15) is 0 Å². The molecule has 0 radical (unpaired) electrons. The predicted molar refractivity (Wildman–Crippen MR) is 110 cm³/mol. The van der Waals surface area contributed by atoms with Crippen LogP contribution in [-0.2, 0) is 27.6 Å². The fourth-order valence-corrected chi connectivity index (χ4v) is 5.15. The van der Waals surface area contributed by atoms with Crippen LogP contribution in [0.2, 0.25) is 5.02 Å². The number of anilines is 2. The number of fused-ring (bicyclic) bond motifs is 1. The molecule has 3 rings (SSSR count). The average molecular weight is 443 g/mol. The summed E-state index contributed by atoms with van der Waals surface area (Å²) in [5.41, 5.74) is 1.63. The Morgan fingerprint density at radius 2 is 1.93 bits per heavy atom. The zero-order valence-corrected chi connectivity index (χ0v) is 17.7. The second-order valence-corrected chi connectivity index (χ2v) is 9.69. The van der Waals surface area contributed by atoms with E-state index in [0.717, 1.165) is 42.4 Å². The van der Waals surface area contributed by atoms with Gasteiger partial charge in [0.25, 0.3) is 5.91 Å². The van der Waals surface area contributed by atoms with E-state index in [4.69, 9.17) is 16.3 Å². The van der Waals surface area contributed by atoms with Crippen LogP contribution in [0.15, 0.2) is 18.2 Å². The fourth-order valence-electron chi connectivity index (χ4n) is 3.12. The lowest BCUT2D eigenvalue weighted by Crippen LogP contribution is -2.16. The van der Waals surface area contributed by atoms with E-state index in [2.05, 4.69) is 10.0 Å². The maximum Gasteiger partial charge on any atom is 0.341 e. The van der Waals surface area contributed by atoms with E-state index in [-0.39, 0.29) is 16.3 Å². The van der Waals surface area contributed by atoms with Crippen molar-refractivity contribution in [2.45, 2.75) is 25.7 Å². The normalized spacial score (nSPS) is 13.5. The maximum atomic E-state index is 12.8. The molecule has 0 saturated carbocycles. The molecule has 10 heteroatoms. The molecule has 1 amide bonds. The Kier molecular flexibility index (Phi) is 5.97. The van der Waals surface area contributed by atoms with Gasteiger partial charge >= 0.3 is 5.97 Å². The van der Waals surface area contributed by atoms with E-state index in [1.165, 1.54) is 36.6 Å². The Hall–Kier alpha value is -2.10. The number of amides is 1. The summed E-state index contributed by atoms with van der Waals surface area (Å²) in [5, 5.41) is 3.33. The van der Waals surface area contributed by atoms with E-state index in [9.17, 15) is 18.0 Å². The predicted octanol–water partition coefficient (Wildman–Crippen LogP) is 3.69. The molecule has 2 N–H and O–H groups in total. The van der Waals surface area contributed by atoms with Crippen molar-refractivity contribution in [1.29, 1.82) is 0 Å². The van der Waals surface area contributed by atoms with Gasteiger partial charge in [0.2, 0.25) is 10.0 Å². The van der Waals surface area contributed by atoms with Crippen molar-refractivity contribution in [2.24, 2.45) is 0 Å². The molecule has 0 unspecified atom stereocenters. The Balaban J connectivity index is 1.94. The Labute approximate surface area is 172 Å². The number of nitrogens with one attached hydrogen (secondary N) is 2. The fraction of sp³-hybridized carbons (Fsp3) is 0.333. The number of thiophene rings is 1. The first-order valence-electron chi connectivity index (χ1n) is 8.51. The van der Waals surface area contributed by atoms with Crippen molar-refractivity contribution in [3.63, 3.8) is 0 Å². The van der Waals surface area contributed by atoms with E-state index in [0.29, 0.717) is 10.6 Å². The lowest BCUT2D eigenvalue weighted by atomic mass is 9.95. The van der Waals surface area contributed by atoms with Gasteiger partial charge in [0.05, 0.1) is 29.5 Å². The maximum absolute atomic E-state index is 12.8. The van der Waals surface area contributed by atoms with Crippen LogP contribution in [0.5, 0.6) is 0 Å². The third kappa shape index (κ3) is 4.48. The molecule has 0 saturated heterocycles. The first kappa shape index (κ1) is 20.6. The summed E-state index contributed by atoms with van der Waals surface area (Å²) >= 11 is 7.49. The molecule has 0 bridgehead atoms. The van der Waals surface area contributed by atoms with Crippen molar-refractivity contribution in [3.8, 4) is 0 Å². The minimum absolute atomic E-state index is 0.0949. The van der Waals surface area contributed by atoms with Gasteiger partial charge in [0, 0.05) is 10.6 Å². The number of halogens is 1. The number of aryl methyl sites for hydroxylation is 1. The molecule has 0 atom stereocenters. The molecule has 28 heavy (non-hydrogen) atoms. The Bertz CT molecular complexity index is 1050. The lowest BCUT2D eigenvalue weighted by molar-refractivity contribution is 0.0601. The van der Waals surface area contributed by atoms with Crippen LogP contribution in [-0.4, -0.2) is 33.7 Å². The molecular formula is C18H19ClN2O5S2. The number of hydrogen-bond acceptors (Lipinski definition) is 6. The van der Waals surface area contributed by atoms with E-state index >= 15 is 0 Å². The van der Waals surface area contributed by atoms with Crippen LogP contribution in [0.3, 0.4) is 0 Å². The number of methoxy groups -OCH3 is 1. The van der Waals surface area contributed by atoms with E-state index < -0.39 is 21.9 Å². The zero-order chi connectivity index (χ0) is 20.5. The summed E-state index contributed by atoms with van der Waals surface area (Å²) in [6.07, 6.45) is 4.65. The number of ether oxygens (including phenoxy) is 1. The average Bonchev–Trinajstić information content (AvgIpc) is 2.99. The zero-order valence-electron chi connectivity index (χ0n) is 15.3. The topological polar surface area (TPSA) is 102 Å². The third-order valence-electron chi connectivity index (χ3n) is 4.30. The number of rotatable bonds is 5. The number of hydrogen-bond donors (Lipinski definition) is 2. The summed E-state index contributed by atoms with van der Waals surface area (Å²) in [6, 6.07) is 4.25. The highest BCUT2D eigenvalue weighted by Crippen LogP contribution is 2.39. The largest absolute Gasteiger partial charge is 0.465 e. The highest BCUT2D eigenvalue weighted by Gasteiger charge is 2.27. The SMILES string of the molecule is COC(=O)c1c(NC(=O)c2cc(NS(C)(=O)=O)ccc2Cl)sc2c1CCCC2. The van der Waals surface area contributed by atoms with Crippen LogP contribution in [0.1, 0.15) is 44.0 Å². The first-order chi connectivity index (χ1) is 13.2. The summed E-state index contributed by atoms with van der Waals surface area (Å²) in [6.45, 7) is 0. The molecule has 2 aromatic rings. The second-order valence-electron chi connectivity index (χ2n) is 6.43. The van der Waals surface area contributed by atoms with Gasteiger partial charge in [-0.25, -0.2) is 13.2 Å². The second kappa shape index (κ2) is 8.10. The van der Waals surface area contributed by atoms with Crippen molar-refractivity contribution in [3.05, 3.63) is 44.8 Å². The molecule has 7 nitrogen and oxygen atoms in total. The van der Waals surface area contributed by atoms with Gasteiger partial charge in [0.1, 0.15) is 5.00 Å². The van der Waals surface area contributed by atoms with Crippen LogP contribution in [0.4, 0.5) is 10.7 Å². The summed E-state index contributed by atoms with van der Waals surface area (Å²) in [5.74, 6) is -1.03. The molecule has 0 aliphatic heterocycles. The summed E-state index contributed by atoms with van der Waals surface area (Å²) in [4.78, 5) is 26.2. The number of sulfonamides is 1. The Morgan fingerprint density at radius 3 is 2.61 bits per heavy atom. The van der Waals surface area contributed by atoms with Crippen molar-refractivity contribution in [1.82, 2.24) is 0 Å². The highest BCUT2D eigenvalue weighted by molar-refractivity contribution is 7.92. The summed E-state index contributed by atoms with van der Waals surface area (Å²) in [7, 11) is -2.20. The van der Waals surface area contributed by atoms with Gasteiger partial charge in [-0.1, -0.05) is 11.6 Å². The van der Waals surface area contributed by atoms with Crippen molar-refractivity contribution in [2.75, 3.05) is 23.4 Å². The number of carbonyl (C=O) groups is 2. The number of carbonyl (C=O) groups excluding carboxylic acids is 2. The van der Waals surface area contributed by atoms with Crippen molar-refractivity contribution < 1.29 is 22.7 Å². The molecule has 1 heterocycles. The lowest BCUT2D eigenvalue weighted by Gasteiger charge is -2.12. The van der Waals surface area contributed by atoms with E-state index in [1.807, 2.05) is 0 Å². The molecule has 1 aromatic heterocycles. The quantitative estimate of drug-likeness (QED) is 0.687. The number of esters is 1. The molecule has 1 aromatic carbocycles. The van der Waals surface area contributed by atoms with Crippen LogP contribution in [0.25, 0.3) is 0 Å². The van der Waals surface area contributed by atoms with Gasteiger partial charge < -0.3 is 10.1 Å². The number of benzene rings is 1. The first-order valence-corrected chi connectivity index (χ1v) is 11.6. The molecule has 1 aliphatic carbocycles. The van der Waals surface area contributed by atoms with E-state index in [1.54, 1.807) is 0 Å². The van der Waals surface area contributed by atoms with Gasteiger partial charge in [-0.3, -0.25) is 9.52 Å². The molecule has 0 spiro atoms. The molecule has 0 fully saturated rings. The van der Waals surface area contributed by atoms with Gasteiger partial charge in [-0.05, 0) is 49.4 Å². The smallest absolute Gasteiger partial charge is 0.341 e. The minimum atomic E-state index is -3.50.